The highest BCUT2D eigenvalue weighted by molar-refractivity contribution is 5.93. The van der Waals surface area contributed by atoms with E-state index in [9.17, 15) is 0 Å². The monoisotopic (exact) mass is 813 g/mol. The zero-order valence-corrected chi connectivity index (χ0v) is 36.2. The molecule has 6 aromatic carbocycles. The van der Waals surface area contributed by atoms with Crippen LogP contribution >= 0.6 is 0 Å². The van der Waals surface area contributed by atoms with Gasteiger partial charge in [0.05, 0.1) is 0 Å². The molecule has 306 valence electrons. The zero-order chi connectivity index (χ0) is 42.1. The summed E-state index contributed by atoms with van der Waals surface area (Å²) in [6.07, 6.45) is 20.7. The van der Waals surface area contributed by atoms with Crippen LogP contribution < -0.4 is 0 Å². The molecule has 0 aliphatic heterocycles. The summed E-state index contributed by atoms with van der Waals surface area (Å²) < 4.78 is 0. The standard InChI is InChI=1S/C60H51N3/c1-59(2)53-36-47(31-32-49(53)50-38-55-51(37-54(50)59)48-21-10-11-22-52(48)60(55)33-12-5-13-34-60)46-20-14-19-45(35-46)41-25-29-44(30-26-41)58-62-56(42-17-8-4-9-18-42)61-57(63-58)43-27-23-40(24-28-43)39-15-6-3-7-16-39/h3,6-8,10-11,14-32,35-38,51,55H,4-5,9,12-13,33-34H2,1-2H3. The molecular formula is C60H51N3. The number of allylic oxidation sites excluding steroid dienone is 8. The molecule has 2 atom stereocenters. The fourth-order valence-corrected chi connectivity index (χ4v) is 11.8. The van der Waals surface area contributed by atoms with Crippen molar-refractivity contribution in [3.05, 3.63) is 210 Å². The Morgan fingerprint density at radius 2 is 1.08 bits per heavy atom. The van der Waals surface area contributed by atoms with Crippen LogP contribution in [0.2, 0.25) is 0 Å². The maximum atomic E-state index is 5.06. The van der Waals surface area contributed by atoms with Crippen LogP contribution in [0.1, 0.15) is 92.8 Å². The lowest BCUT2D eigenvalue weighted by atomic mass is 9.62. The highest BCUT2D eigenvalue weighted by Gasteiger charge is 2.53. The van der Waals surface area contributed by atoms with Gasteiger partial charge in [-0.15, -0.1) is 0 Å². The largest absolute Gasteiger partial charge is 0.208 e. The quantitative estimate of drug-likeness (QED) is 0.168. The normalized spacial score (nSPS) is 19.9. The van der Waals surface area contributed by atoms with Crippen molar-refractivity contribution >= 4 is 11.1 Å². The van der Waals surface area contributed by atoms with E-state index in [0.29, 0.717) is 29.3 Å². The van der Waals surface area contributed by atoms with Crippen molar-refractivity contribution in [1.29, 1.82) is 0 Å². The van der Waals surface area contributed by atoms with Crippen molar-refractivity contribution in [2.24, 2.45) is 5.92 Å². The van der Waals surface area contributed by atoms with Crippen LogP contribution in [0.15, 0.2) is 182 Å². The lowest BCUT2D eigenvalue weighted by molar-refractivity contribution is 0.233. The number of hydrogen-bond donors (Lipinski definition) is 0. The van der Waals surface area contributed by atoms with E-state index in [1.54, 1.807) is 11.1 Å². The molecule has 0 radical (unpaired) electrons. The molecule has 1 aromatic heterocycles. The maximum absolute atomic E-state index is 5.06. The fraction of sp³-hybridized carbons (Fsp3) is 0.217. The van der Waals surface area contributed by atoms with Gasteiger partial charge in [-0.1, -0.05) is 197 Å². The summed E-state index contributed by atoms with van der Waals surface area (Å²) in [5.41, 5.74) is 19.5. The molecule has 3 heteroatoms. The minimum atomic E-state index is -0.0724. The van der Waals surface area contributed by atoms with Crippen LogP contribution in [-0.2, 0) is 10.8 Å². The number of fused-ring (bicyclic) bond motifs is 8. The Labute approximate surface area is 371 Å². The second-order valence-corrected chi connectivity index (χ2v) is 18.9. The molecule has 63 heavy (non-hydrogen) atoms. The highest BCUT2D eigenvalue weighted by Crippen LogP contribution is 2.64. The summed E-state index contributed by atoms with van der Waals surface area (Å²) >= 11 is 0. The van der Waals surface area contributed by atoms with Gasteiger partial charge in [0.2, 0.25) is 0 Å². The molecule has 5 aliphatic rings. The smallest absolute Gasteiger partial charge is 0.164 e. The van der Waals surface area contributed by atoms with Gasteiger partial charge in [0.25, 0.3) is 0 Å². The molecule has 1 spiro atoms. The summed E-state index contributed by atoms with van der Waals surface area (Å²) in [4.78, 5) is 15.1. The molecule has 2 unspecified atom stereocenters. The Kier molecular flexibility index (Phi) is 9.04. The van der Waals surface area contributed by atoms with Gasteiger partial charge in [-0.3, -0.25) is 0 Å². The van der Waals surface area contributed by atoms with Gasteiger partial charge in [-0.05, 0) is 111 Å². The van der Waals surface area contributed by atoms with E-state index in [2.05, 4.69) is 184 Å². The molecule has 5 aliphatic carbocycles. The van der Waals surface area contributed by atoms with E-state index in [-0.39, 0.29) is 10.8 Å². The van der Waals surface area contributed by atoms with E-state index in [1.807, 2.05) is 6.07 Å². The molecule has 0 bridgehead atoms. The average Bonchev–Trinajstić information content (AvgIpc) is 3.74. The van der Waals surface area contributed by atoms with E-state index in [4.69, 9.17) is 15.0 Å². The van der Waals surface area contributed by atoms with E-state index in [1.165, 1.54) is 82.2 Å². The molecular weight excluding hydrogens is 763 g/mol. The van der Waals surface area contributed by atoms with Gasteiger partial charge >= 0.3 is 0 Å². The molecule has 0 saturated heterocycles. The van der Waals surface area contributed by atoms with Gasteiger partial charge in [0, 0.05) is 33.4 Å². The SMILES string of the molecule is CC1(C)C2=CC3c4ccccc4C4(CCCCC4)C3C=C2c2ccc(-c3cccc(-c4ccc(-c5nc(C6=CCCC=C6)nc(-c6ccc(-c7ccccc7)cc6)n5)cc4)c3)cc21. The second kappa shape index (κ2) is 15.0. The Morgan fingerprint density at radius 3 is 1.79 bits per heavy atom. The first kappa shape index (κ1) is 38.0. The number of benzene rings is 6. The van der Waals surface area contributed by atoms with Crippen molar-refractivity contribution in [3.8, 4) is 56.2 Å². The van der Waals surface area contributed by atoms with Gasteiger partial charge in [0.1, 0.15) is 0 Å². The summed E-state index contributed by atoms with van der Waals surface area (Å²) in [6.45, 7) is 4.89. The van der Waals surface area contributed by atoms with Crippen LogP contribution in [0.5, 0.6) is 0 Å². The third-order valence-corrected chi connectivity index (χ3v) is 15.1. The molecule has 3 nitrogen and oxygen atoms in total. The van der Waals surface area contributed by atoms with Crippen LogP contribution in [0.4, 0.5) is 0 Å². The minimum Gasteiger partial charge on any atom is -0.208 e. The minimum absolute atomic E-state index is 0.0724. The Morgan fingerprint density at radius 1 is 0.492 bits per heavy atom. The molecule has 1 saturated carbocycles. The van der Waals surface area contributed by atoms with Crippen molar-refractivity contribution in [1.82, 2.24) is 15.0 Å². The fourth-order valence-electron chi connectivity index (χ4n) is 11.8. The van der Waals surface area contributed by atoms with Crippen molar-refractivity contribution in [3.63, 3.8) is 0 Å². The van der Waals surface area contributed by atoms with Gasteiger partial charge in [0.15, 0.2) is 17.5 Å². The van der Waals surface area contributed by atoms with Gasteiger partial charge < -0.3 is 0 Å². The first-order chi connectivity index (χ1) is 30.9. The molecule has 1 fully saturated rings. The summed E-state index contributed by atoms with van der Waals surface area (Å²) in [7, 11) is 0. The third kappa shape index (κ3) is 6.35. The molecule has 0 amide bonds. The first-order valence-corrected chi connectivity index (χ1v) is 23.1. The van der Waals surface area contributed by atoms with Crippen molar-refractivity contribution < 1.29 is 0 Å². The second-order valence-electron chi connectivity index (χ2n) is 18.9. The third-order valence-electron chi connectivity index (χ3n) is 15.1. The lowest BCUT2D eigenvalue weighted by Crippen LogP contribution is -2.35. The zero-order valence-electron chi connectivity index (χ0n) is 36.2. The van der Waals surface area contributed by atoms with Gasteiger partial charge in [-0.25, -0.2) is 15.0 Å². The van der Waals surface area contributed by atoms with Crippen LogP contribution in [0.3, 0.4) is 0 Å². The summed E-state index contributed by atoms with van der Waals surface area (Å²) in [5.74, 6) is 3.07. The summed E-state index contributed by atoms with van der Waals surface area (Å²) in [5, 5.41) is 0. The molecule has 7 aromatic rings. The maximum Gasteiger partial charge on any atom is 0.164 e. The Hall–Kier alpha value is -6.71. The van der Waals surface area contributed by atoms with Gasteiger partial charge in [-0.2, -0.15) is 0 Å². The Balaban J connectivity index is 0.850. The molecule has 0 N–H and O–H groups in total. The van der Waals surface area contributed by atoms with Crippen molar-refractivity contribution in [2.75, 3.05) is 0 Å². The number of rotatable bonds is 6. The topological polar surface area (TPSA) is 38.7 Å². The number of hydrogen-bond acceptors (Lipinski definition) is 3. The molecule has 12 rings (SSSR count). The van der Waals surface area contributed by atoms with Crippen LogP contribution in [0, 0.1) is 5.92 Å². The lowest BCUT2D eigenvalue weighted by Gasteiger charge is -2.41. The van der Waals surface area contributed by atoms with E-state index < -0.39 is 0 Å². The van der Waals surface area contributed by atoms with E-state index >= 15 is 0 Å². The highest BCUT2D eigenvalue weighted by atomic mass is 15.0. The number of aromatic nitrogens is 3. The molecule has 1 heterocycles. The van der Waals surface area contributed by atoms with Crippen LogP contribution in [-0.4, -0.2) is 15.0 Å². The number of nitrogens with zero attached hydrogens (tertiary/aromatic N) is 3. The van der Waals surface area contributed by atoms with Crippen molar-refractivity contribution in [2.45, 2.75) is 75.5 Å². The average molecular weight is 814 g/mol. The predicted octanol–water partition coefficient (Wildman–Crippen LogP) is 15.2. The Bertz CT molecular complexity index is 3050. The predicted molar refractivity (Wildman–Crippen MR) is 260 cm³/mol. The van der Waals surface area contributed by atoms with Crippen LogP contribution in [0.25, 0.3) is 67.3 Å². The first-order valence-electron chi connectivity index (χ1n) is 23.1. The van der Waals surface area contributed by atoms with E-state index in [0.717, 1.165) is 35.1 Å². The summed E-state index contributed by atoms with van der Waals surface area (Å²) in [6, 6.07) is 53.4.